The van der Waals surface area contributed by atoms with E-state index in [1.54, 1.807) is 24.7 Å². The molecule has 8 heteroatoms. The van der Waals surface area contributed by atoms with Crippen LogP contribution in [0.25, 0.3) is 16.9 Å². The third kappa shape index (κ3) is 3.86. The second-order valence-electron chi connectivity index (χ2n) is 6.76. The van der Waals surface area contributed by atoms with Gasteiger partial charge in [0.25, 0.3) is 5.91 Å². The maximum atomic E-state index is 12.0. The van der Waals surface area contributed by atoms with E-state index in [0.29, 0.717) is 17.6 Å². The number of benzene rings is 1. The Morgan fingerprint density at radius 2 is 2.25 bits per heavy atom. The van der Waals surface area contributed by atoms with E-state index in [2.05, 4.69) is 37.5 Å². The van der Waals surface area contributed by atoms with Crippen LogP contribution >= 0.6 is 0 Å². The highest BCUT2D eigenvalue weighted by Gasteiger charge is 2.13. The Kier molecular flexibility index (Phi) is 5.29. The second kappa shape index (κ2) is 8.18. The standard InChI is InChI=1S/C20H23N7O/c1-2-21-19(28)14-6-7-17-16(11-14)25-13-27(17)18-8-10-23-20(26-18)24-12-15-5-3-4-9-22-15/h2,6-8,10-11,13,15,22H,1,3-5,9,12H2,(H,21,28)(H,23,24,26). The van der Waals surface area contributed by atoms with E-state index in [-0.39, 0.29) is 5.91 Å². The van der Waals surface area contributed by atoms with Gasteiger partial charge in [0.05, 0.1) is 11.0 Å². The summed E-state index contributed by atoms with van der Waals surface area (Å²) in [6, 6.07) is 7.66. The van der Waals surface area contributed by atoms with Crippen molar-refractivity contribution < 1.29 is 4.79 Å². The average Bonchev–Trinajstić information content (AvgIpc) is 3.17. The molecule has 1 unspecified atom stereocenters. The van der Waals surface area contributed by atoms with Gasteiger partial charge in [0, 0.05) is 24.3 Å². The van der Waals surface area contributed by atoms with Crippen molar-refractivity contribution in [1.29, 1.82) is 0 Å². The zero-order valence-electron chi connectivity index (χ0n) is 15.6. The molecule has 3 aromatic rings. The molecule has 3 heterocycles. The van der Waals surface area contributed by atoms with Crippen molar-refractivity contribution in [1.82, 2.24) is 30.2 Å². The van der Waals surface area contributed by atoms with Crippen LogP contribution in [0, 0.1) is 0 Å². The molecular weight excluding hydrogens is 354 g/mol. The Hall–Kier alpha value is -3.26. The van der Waals surface area contributed by atoms with Crippen molar-refractivity contribution in [3.63, 3.8) is 0 Å². The minimum Gasteiger partial charge on any atom is -0.353 e. The van der Waals surface area contributed by atoms with Gasteiger partial charge in [0.15, 0.2) is 0 Å². The third-order valence-electron chi connectivity index (χ3n) is 4.85. The number of aromatic nitrogens is 4. The number of hydrogen-bond acceptors (Lipinski definition) is 6. The molecule has 28 heavy (non-hydrogen) atoms. The van der Waals surface area contributed by atoms with Gasteiger partial charge in [-0.1, -0.05) is 13.0 Å². The number of nitrogens with zero attached hydrogens (tertiary/aromatic N) is 4. The maximum Gasteiger partial charge on any atom is 0.255 e. The van der Waals surface area contributed by atoms with E-state index in [4.69, 9.17) is 0 Å². The first-order valence-electron chi connectivity index (χ1n) is 9.44. The molecule has 1 amide bonds. The number of imidazole rings is 1. The molecule has 8 nitrogen and oxygen atoms in total. The van der Waals surface area contributed by atoms with E-state index < -0.39 is 0 Å². The lowest BCUT2D eigenvalue weighted by Crippen LogP contribution is -2.39. The van der Waals surface area contributed by atoms with Crippen LogP contribution in [0.3, 0.4) is 0 Å². The molecule has 144 valence electrons. The van der Waals surface area contributed by atoms with Crippen LogP contribution in [0.4, 0.5) is 5.95 Å². The van der Waals surface area contributed by atoms with Crippen molar-refractivity contribution in [2.24, 2.45) is 0 Å². The van der Waals surface area contributed by atoms with E-state index in [1.807, 2.05) is 16.7 Å². The highest BCUT2D eigenvalue weighted by molar-refractivity contribution is 5.98. The quantitative estimate of drug-likeness (QED) is 0.610. The van der Waals surface area contributed by atoms with Crippen LogP contribution in [0.5, 0.6) is 0 Å². The third-order valence-corrected chi connectivity index (χ3v) is 4.85. The lowest BCUT2D eigenvalue weighted by atomic mass is 10.1. The van der Waals surface area contributed by atoms with Crippen LogP contribution in [0.1, 0.15) is 29.6 Å². The molecule has 1 atom stereocenters. The molecule has 0 spiro atoms. The zero-order valence-corrected chi connectivity index (χ0v) is 15.6. The largest absolute Gasteiger partial charge is 0.353 e. The second-order valence-corrected chi connectivity index (χ2v) is 6.76. The molecule has 0 bridgehead atoms. The molecule has 1 saturated heterocycles. The smallest absolute Gasteiger partial charge is 0.255 e. The number of rotatable bonds is 6. The van der Waals surface area contributed by atoms with Gasteiger partial charge in [-0.25, -0.2) is 9.97 Å². The predicted molar refractivity (Wildman–Crippen MR) is 108 cm³/mol. The first-order valence-corrected chi connectivity index (χ1v) is 9.44. The van der Waals surface area contributed by atoms with Gasteiger partial charge in [-0.15, -0.1) is 0 Å². The van der Waals surface area contributed by atoms with Crippen molar-refractivity contribution >= 4 is 22.9 Å². The van der Waals surface area contributed by atoms with E-state index >= 15 is 0 Å². The number of carbonyl (C=O) groups excluding carboxylic acids is 1. The number of fused-ring (bicyclic) bond motifs is 1. The number of carbonyl (C=O) groups is 1. The Balaban J connectivity index is 1.54. The van der Waals surface area contributed by atoms with Gasteiger partial charge >= 0.3 is 0 Å². The summed E-state index contributed by atoms with van der Waals surface area (Å²) in [4.78, 5) is 25.3. The first-order chi connectivity index (χ1) is 13.7. The molecule has 1 fully saturated rings. The van der Waals surface area contributed by atoms with Crippen molar-refractivity contribution in [3.8, 4) is 5.82 Å². The molecule has 3 N–H and O–H groups in total. The van der Waals surface area contributed by atoms with Crippen molar-refractivity contribution in [2.75, 3.05) is 18.4 Å². The van der Waals surface area contributed by atoms with Gasteiger partial charge in [-0.05, 0) is 49.9 Å². The number of nitrogens with one attached hydrogen (secondary N) is 3. The maximum absolute atomic E-state index is 12.0. The summed E-state index contributed by atoms with van der Waals surface area (Å²) in [7, 11) is 0. The highest BCUT2D eigenvalue weighted by atomic mass is 16.1. The number of anilines is 1. The summed E-state index contributed by atoms with van der Waals surface area (Å²) in [5, 5.41) is 9.40. The molecule has 0 radical (unpaired) electrons. The van der Waals surface area contributed by atoms with Crippen LogP contribution in [-0.2, 0) is 0 Å². The Labute approximate surface area is 163 Å². The molecule has 1 aliphatic heterocycles. The molecule has 0 aliphatic carbocycles. The summed E-state index contributed by atoms with van der Waals surface area (Å²) >= 11 is 0. The molecule has 4 rings (SSSR count). The first kappa shape index (κ1) is 18.1. The highest BCUT2D eigenvalue weighted by Crippen LogP contribution is 2.19. The normalized spacial score (nSPS) is 16.6. The minimum atomic E-state index is -0.212. The predicted octanol–water partition coefficient (Wildman–Crippen LogP) is 2.24. The monoisotopic (exact) mass is 377 g/mol. The van der Waals surface area contributed by atoms with Crippen LogP contribution in [-0.4, -0.2) is 44.6 Å². The fraction of sp³-hybridized carbons (Fsp3) is 0.300. The van der Waals surface area contributed by atoms with E-state index in [0.717, 1.165) is 29.9 Å². The van der Waals surface area contributed by atoms with E-state index in [1.165, 1.54) is 25.5 Å². The number of amides is 1. The fourth-order valence-electron chi connectivity index (χ4n) is 3.39. The van der Waals surface area contributed by atoms with Crippen LogP contribution < -0.4 is 16.0 Å². The molecular formula is C20H23N7O. The summed E-state index contributed by atoms with van der Waals surface area (Å²) < 4.78 is 1.89. The molecule has 0 saturated carbocycles. The van der Waals surface area contributed by atoms with Crippen LogP contribution in [0.15, 0.2) is 49.6 Å². The van der Waals surface area contributed by atoms with Crippen LogP contribution in [0.2, 0.25) is 0 Å². The fourth-order valence-corrected chi connectivity index (χ4v) is 3.39. The van der Waals surface area contributed by atoms with Gasteiger partial charge in [0.2, 0.25) is 5.95 Å². The molecule has 1 aliphatic rings. The summed E-state index contributed by atoms with van der Waals surface area (Å²) in [5.41, 5.74) is 2.12. The number of hydrogen-bond donors (Lipinski definition) is 3. The van der Waals surface area contributed by atoms with Crippen molar-refractivity contribution in [3.05, 3.63) is 55.1 Å². The van der Waals surface area contributed by atoms with Gasteiger partial charge in [-0.2, -0.15) is 4.98 Å². The van der Waals surface area contributed by atoms with Crippen molar-refractivity contribution in [2.45, 2.75) is 25.3 Å². The van der Waals surface area contributed by atoms with E-state index in [9.17, 15) is 4.79 Å². The summed E-state index contributed by atoms with van der Waals surface area (Å²) in [5.74, 6) is 1.10. The Bertz CT molecular complexity index is 991. The zero-order chi connectivity index (χ0) is 19.3. The topological polar surface area (TPSA) is 96.8 Å². The Morgan fingerprint density at radius 1 is 1.32 bits per heavy atom. The SMILES string of the molecule is C=CNC(=O)c1ccc2c(c1)ncn2-c1ccnc(NCC2CCCCN2)n1. The lowest BCUT2D eigenvalue weighted by Gasteiger charge is -2.23. The minimum absolute atomic E-state index is 0.212. The van der Waals surface area contributed by atoms with Gasteiger partial charge in [0.1, 0.15) is 12.1 Å². The lowest BCUT2D eigenvalue weighted by molar-refractivity contribution is 0.0970. The van der Waals surface area contributed by atoms with Gasteiger partial charge < -0.3 is 16.0 Å². The average molecular weight is 377 g/mol. The molecule has 1 aromatic carbocycles. The summed E-state index contributed by atoms with van der Waals surface area (Å²) in [6.07, 6.45) is 8.47. The van der Waals surface area contributed by atoms with Gasteiger partial charge in [-0.3, -0.25) is 9.36 Å². The molecule has 2 aromatic heterocycles. The Morgan fingerprint density at radius 3 is 3.07 bits per heavy atom. The number of piperidine rings is 1. The summed E-state index contributed by atoms with van der Waals surface area (Å²) in [6.45, 7) is 5.38.